The minimum Gasteiger partial charge on any atom is -0.491 e. The zero-order valence-electron chi connectivity index (χ0n) is 11.3. The van der Waals surface area contributed by atoms with Gasteiger partial charge in [-0.1, -0.05) is 13.0 Å². The van der Waals surface area contributed by atoms with Crippen molar-refractivity contribution in [1.82, 2.24) is 9.88 Å². The molecule has 0 saturated carbocycles. The maximum absolute atomic E-state index is 5.99. The lowest BCUT2D eigenvalue weighted by atomic mass is 10.0. The number of benzene rings is 1. The molecule has 96 valence electrons. The van der Waals surface area contributed by atoms with Crippen molar-refractivity contribution in [3.8, 4) is 5.75 Å². The van der Waals surface area contributed by atoms with Crippen molar-refractivity contribution in [2.75, 3.05) is 20.7 Å². The standard InChI is InChI=1S/C15H20N2O/c1-4-12-11-8-10(17(2)3)9-18-14-7-5-6-13(16-12)15(11)14/h5-7,10,16H,4,8-9H2,1-3H3. The molecule has 3 heteroatoms. The highest BCUT2D eigenvalue weighted by Crippen LogP contribution is 2.35. The molecule has 1 aromatic carbocycles. The summed E-state index contributed by atoms with van der Waals surface area (Å²) in [5, 5.41) is 1.29. The van der Waals surface area contributed by atoms with E-state index in [4.69, 9.17) is 4.74 Å². The van der Waals surface area contributed by atoms with Crippen LogP contribution in [0.1, 0.15) is 18.2 Å². The summed E-state index contributed by atoms with van der Waals surface area (Å²) in [4.78, 5) is 5.79. The lowest BCUT2D eigenvalue weighted by molar-refractivity contribution is 0.190. The Balaban J connectivity index is 2.18. The topological polar surface area (TPSA) is 28.3 Å². The van der Waals surface area contributed by atoms with Gasteiger partial charge in [0, 0.05) is 22.6 Å². The van der Waals surface area contributed by atoms with Gasteiger partial charge in [-0.2, -0.15) is 0 Å². The van der Waals surface area contributed by atoms with Gasteiger partial charge in [-0.05, 0) is 44.6 Å². The van der Waals surface area contributed by atoms with Crippen LogP contribution in [0.2, 0.25) is 0 Å². The molecule has 0 bridgehead atoms. The molecule has 1 aromatic heterocycles. The fraction of sp³-hybridized carbons (Fsp3) is 0.467. The van der Waals surface area contributed by atoms with Gasteiger partial charge in [0.25, 0.3) is 0 Å². The molecule has 2 heterocycles. The predicted molar refractivity (Wildman–Crippen MR) is 74.4 cm³/mol. The van der Waals surface area contributed by atoms with Crippen LogP contribution in [0.15, 0.2) is 18.2 Å². The molecule has 1 aliphatic heterocycles. The zero-order valence-corrected chi connectivity index (χ0v) is 11.3. The Hall–Kier alpha value is -1.48. The first-order valence-corrected chi connectivity index (χ1v) is 6.62. The number of rotatable bonds is 2. The molecule has 1 unspecified atom stereocenters. The second-order valence-electron chi connectivity index (χ2n) is 5.25. The van der Waals surface area contributed by atoms with Crippen molar-refractivity contribution in [2.24, 2.45) is 0 Å². The Morgan fingerprint density at radius 2 is 2.22 bits per heavy atom. The smallest absolute Gasteiger partial charge is 0.129 e. The van der Waals surface area contributed by atoms with Gasteiger partial charge in [-0.15, -0.1) is 0 Å². The highest BCUT2D eigenvalue weighted by molar-refractivity contribution is 5.91. The third kappa shape index (κ3) is 1.70. The van der Waals surface area contributed by atoms with Gasteiger partial charge in [0.15, 0.2) is 0 Å². The Labute approximate surface area is 108 Å². The third-order valence-corrected chi connectivity index (χ3v) is 3.93. The van der Waals surface area contributed by atoms with Gasteiger partial charge in [0.2, 0.25) is 0 Å². The highest BCUT2D eigenvalue weighted by Gasteiger charge is 2.24. The van der Waals surface area contributed by atoms with Crippen molar-refractivity contribution in [1.29, 1.82) is 0 Å². The number of aromatic amines is 1. The van der Waals surface area contributed by atoms with Crippen LogP contribution in [0, 0.1) is 0 Å². The van der Waals surface area contributed by atoms with E-state index in [0.717, 1.165) is 25.2 Å². The van der Waals surface area contributed by atoms with E-state index in [0.29, 0.717) is 6.04 Å². The molecule has 0 spiro atoms. The third-order valence-electron chi connectivity index (χ3n) is 3.93. The zero-order chi connectivity index (χ0) is 12.7. The number of likely N-dealkylation sites (N-methyl/N-ethyl adjacent to an activating group) is 1. The summed E-state index contributed by atoms with van der Waals surface area (Å²) in [5.41, 5.74) is 4.01. The number of ether oxygens (including phenoxy) is 1. The Morgan fingerprint density at radius 3 is 2.94 bits per heavy atom. The van der Waals surface area contributed by atoms with E-state index >= 15 is 0 Å². The van der Waals surface area contributed by atoms with Crippen molar-refractivity contribution >= 4 is 10.9 Å². The van der Waals surface area contributed by atoms with Gasteiger partial charge < -0.3 is 14.6 Å². The lowest BCUT2D eigenvalue weighted by Crippen LogP contribution is -2.34. The van der Waals surface area contributed by atoms with Crippen LogP contribution < -0.4 is 4.74 Å². The van der Waals surface area contributed by atoms with E-state index < -0.39 is 0 Å². The van der Waals surface area contributed by atoms with Gasteiger partial charge in [0.1, 0.15) is 12.4 Å². The average molecular weight is 244 g/mol. The van der Waals surface area contributed by atoms with E-state index in [9.17, 15) is 0 Å². The van der Waals surface area contributed by atoms with Crippen LogP contribution in [0.5, 0.6) is 5.75 Å². The number of nitrogens with zero attached hydrogens (tertiary/aromatic N) is 1. The largest absolute Gasteiger partial charge is 0.491 e. The van der Waals surface area contributed by atoms with Crippen LogP contribution in [0.3, 0.4) is 0 Å². The van der Waals surface area contributed by atoms with Crippen LogP contribution in [0.4, 0.5) is 0 Å². The van der Waals surface area contributed by atoms with Crippen molar-refractivity contribution in [3.05, 3.63) is 29.5 Å². The van der Waals surface area contributed by atoms with Gasteiger partial charge >= 0.3 is 0 Å². The molecule has 0 aliphatic carbocycles. The molecule has 1 atom stereocenters. The van der Waals surface area contributed by atoms with Gasteiger partial charge in [-0.25, -0.2) is 0 Å². The Bertz CT molecular complexity index is 571. The molecule has 1 aliphatic rings. The Morgan fingerprint density at radius 1 is 1.39 bits per heavy atom. The maximum Gasteiger partial charge on any atom is 0.129 e. The highest BCUT2D eigenvalue weighted by atomic mass is 16.5. The Kier molecular flexibility index (Phi) is 2.78. The van der Waals surface area contributed by atoms with Crippen LogP contribution >= 0.6 is 0 Å². The molecule has 18 heavy (non-hydrogen) atoms. The summed E-state index contributed by atoms with van der Waals surface area (Å²) in [5.74, 6) is 1.03. The molecule has 0 radical (unpaired) electrons. The molecule has 2 aromatic rings. The van der Waals surface area contributed by atoms with E-state index in [1.54, 1.807) is 0 Å². The quantitative estimate of drug-likeness (QED) is 0.879. The number of H-pyrrole nitrogens is 1. The van der Waals surface area contributed by atoms with Crippen molar-refractivity contribution < 1.29 is 4.74 Å². The molecule has 0 amide bonds. The molecule has 1 N–H and O–H groups in total. The summed E-state index contributed by atoms with van der Waals surface area (Å²) < 4.78 is 5.99. The number of aryl methyl sites for hydroxylation is 1. The fourth-order valence-corrected chi connectivity index (χ4v) is 2.79. The first-order chi connectivity index (χ1) is 8.70. The second-order valence-corrected chi connectivity index (χ2v) is 5.25. The van der Waals surface area contributed by atoms with Crippen LogP contribution in [0.25, 0.3) is 10.9 Å². The molecule has 3 nitrogen and oxygen atoms in total. The van der Waals surface area contributed by atoms with Crippen molar-refractivity contribution in [2.45, 2.75) is 25.8 Å². The lowest BCUT2D eigenvalue weighted by Gasteiger charge is -2.22. The summed E-state index contributed by atoms with van der Waals surface area (Å²) in [6.45, 7) is 2.97. The van der Waals surface area contributed by atoms with E-state index in [1.165, 1.54) is 22.2 Å². The predicted octanol–water partition coefficient (Wildman–Crippen LogP) is 2.60. The molecule has 0 fully saturated rings. The normalized spacial score (nSPS) is 19.0. The molecule has 0 saturated heterocycles. The van der Waals surface area contributed by atoms with E-state index in [1.807, 2.05) is 0 Å². The minimum atomic E-state index is 0.446. The molecule has 3 rings (SSSR count). The van der Waals surface area contributed by atoms with Gasteiger partial charge in [-0.3, -0.25) is 0 Å². The van der Waals surface area contributed by atoms with Crippen LogP contribution in [-0.2, 0) is 12.8 Å². The average Bonchev–Trinajstić information content (AvgIpc) is 2.59. The number of aromatic nitrogens is 1. The summed E-state index contributed by atoms with van der Waals surface area (Å²) in [7, 11) is 4.25. The molecular formula is C15H20N2O. The maximum atomic E-state index is 5.99. The second kappa shape index (κ2) is 4.32. The monoisotopic (exact) mass is 244 g/mol. The first-order valence-electron chi connectivity index (χ1n) is 6.62. The van der Waals surface area contributed by atoms with Crippen molar-refractivity contribution in [3.63, 3.8) is 0 Å². The van der Waals surface area contributed by atoms with E-state index in [-0.39, 0.29) is 0 Å². The number of nitrogens with one attached hydrogen (secondary N) is 1. The summed E-state index contributed by atoms with van der Waals surface area (Å²) in [6, 6.07) is 6.73. The SMILES string of the molecule is CCc1[nH]c2cccc3c2c1CC(N(C)C)CO3. The number of hydrogen-bond donors (Lipinski definition) is 1. The first kappa shape index (κ1) is 11.6. The van der Waals surface area contributed by atoms with Crippen LogP contribution in [-0.4, -0.2) is 36.6 Å². The minimum absolute atomic E-state index is 0.446. The summed E-state index contributed by atoms with van der Waals surface area (Å²) >= 11 is 0. The summed E-state index contributed by atoms with van der Waals surface area (Å²) in [6.07, 6.45) is 2.11. The molecular weight excluding hydrogens is 224 g/mol. The van der Waals surface area contributed by atoms with E-state index in [2.05, 4.69) is 49.1 Å². The fourth-order valence-electron chi connectivity index (χ4n) is 2.79. The number of hydrogen-bond acceptors (Lipinski definition) is 2. The van der Waals surface area contributed by atoms with Gasteiger partial charge in [0.05, 0.1) is 0 Å².